The van der Waals surface area contributed by atoms with Gasteiger partial charge in [-0.1, -0.05) is 0 Å². The van der Waals surface area contributed by atoms with E-state index in [1.165, 1.54) is 14.0 Å². The number of carbonyl (C=O) groups excluding carboxylic acids is 1. The van der Waals surface area contributed by atoms with Gasteiger partial charge in [0.1, 0.15) is 0 Å². The molecule has 1 atom stereocenters. The Hall–Kier alpha value is -1.43. The predicted molar refractivity (Wildman–Crippen MR) is 63.4 cm³/mol. The van der Waals surface area contributed by atoms with Crippen molar-refractivity contribution < 1.29 is 19.4 Å². The number of carboxylic acids is 1. The third-order valence-corrected chi connectivity index (χ3v) is 2.90. The topological polar surface area (TPSA) is 76.5 Å². The molecule has 1 heterocycles. The van der Waals surface area contributed by atoms with Crippen LogP contribution in [0.1, 0.15) is 12.6 Å². The molecule has 0 bridgehead atoms. The molecule has 1 aromatic heterocycles. The van der Waals surface area contributed by atoms with Crippen LogP contribution in [0.3, 0.4) is 0 Å². The van der Waals surface area contributed by atoms with Crippen LogP contribution in [0.2, 0.25) is 0 Å². The largest absolute Gasteiger partial charge is 0.480 e. The normalized spacial score (nSPS) is 13.8. The maximum atomic E-state index is 11.5. The fraction of sp³-hybridized carbons (Fsp3) is 0.364. The zero-order valence-corrected chi connectivity index (χ0v) is 11.0. The highest BCUT2D eigenvalue weighted by Crippen LogP contribution is 2.24. The smallest absolute Gasteiger partial charge is 0.323 e. The van der Waals surface area contributed by atoms with Gasteiger partial charge in [-0.25, -0.2) is 0 Å². The van der Waals surface area contributed by atoms with Crippen LogP contribution in [0.5, 0.6) is 0 Å². The summed E-state index contributed by atoms with van der Waals surface area (Å²) in [5, 5.41) is 9.11. The second-order valence-electron chi connectivity index (χ2n) is 3.77. The van der Waals surface area contributed by atoms with Gasteiger partial charge < -0.3 is 9.84 Å². The summed E-state index contributed by atoms with van der Waals surface area (Å²) in [6.07, 6.45) is 1.54. The van der Waals surface area contributed by atoms with Crippen molar-refractivity contribution in [2.75, 3.05) is 7.11 Å². The van der Waals surface area contributed by atoms with E-state index in [4.69, 9.17) is 5.11 Å². The number of hydrogen-bond acceptors (Lipinski definition) is 4. The molecule has 1 unspecified atom stereocenters. The Morgan fingerprint density at radius 3 is 2.59 bits per heavy atom. The van der Waals surface area contributed by atoms with Crippen LogP contribution in [0.25, 0.3) is 0 Å². The van der Waals surface area contributed by atoms with Crippen LogP contribution < -0.4 is 0 Å². The molecule has 0 saturated heterocycles. The number of rotatable bonds is 4. The fourth-order valence-electron chi connectivity index (χ4n) is 1.33. The van der Waals surface area contributed by atoms with E-state index < -0.39 is 17.4 Å². The Labute approximate surface area is 107 Å². The van der Waals surface area contributed by atoms with E-state index in [9.17, 15) is 9.59 Å². The predicted octanol–water partition coefficient (Wildman–Crippen LogP) is 1.65. The van der Waals surface area contributed by atoms with Crippen LogP contribution in [-0.4, -0.2) is 29.1 Å². The second-order valence-corrected chi connectivity index (χ2v) is 4.69. The molecule has 0 spiro atoms. The number of methoxy groups -OCH3 is 1. The average molecular weight is 302 g/mol. The quantitative estimate of drug-likeness (QED) is 0.676. The molecule has 0 radical (unpaired) electrons. The molecule has 1 rings (SSSR count). The van der Waals surface area contributed by atoms with E-state index in [1.54, 1.807) is 18.3 Å². The molecule has 0 fully saturated rings. The summed E-state index contributed by atoms with van der Waals surface area (Å²) < 4.78 is 5.30. The maximum Gasteiger partial charge on any atom is 0.323 e. The molecule has 5 nitrogen and oxygen atoms in total. The summed E-state index contributed by atoms with van der Waals surface area (Å²) in [7, 11) is 1.17. The van der Waals surface area contributed by atoms with Crippen LogP contribution >= 0.6 is 15.9 Å². The summed E-state index contributed by atoms with van der Waals surface area (Å²) in [5.74, 6) is -2.01. The number of ether oxygens (including phenoxy) is 1. The van der Waals surface area contributed by atoms with Crippen molar-refractivity contribution in [3.8, 4) is 0 Å². The number of halogens is 1. The van der Waals surface area contributed by atoms with Crippen LogP contribution in [-0.2, 0) is 20.7 Å². The Kier molecular flexibility index (Phi) is 4.22. The Bertz CT molecular complexity index is 432. The van der Waals surface area contributed by atoms with Crippen LogP contribution in [0.4, 0.5) is 0 Å². The van der Waals surface area contributed by atoms with Crippen molar-refractivity contribution in [1.82, 2.24) is 4.98 Å². The van der Waals surface area contributed by atoms with Crippen molar-refractivity contribution >= 4 is 27.9 Å². The minimum Gasteiger partial charge on any atom is -0.480 e. The molecule has 17 heavy (non-hydrogen) atoms. The van der Waals surface area contributed by atoms with Crippen LogP contribution in [0, 0.1) is 5.41 Å². The van der Waals surface area contributed by atoms with E-state index in [-0.39, 0.29) is 6.42 Å². The van der Waals surface area contributed by atoms with Crippen molar-refractivity contribution in [3.05, 3.63) is 28.5 Å². The Balaban J connectivity index is 2.99. The van der Waals surface area contributed by atoms with E-state index in [2.05, 4.69) is 25.7 Å². The first kappa shape index (κ1) is 13.6. The van der Waals surface area contributed by atoms with Gasteiger partial charge in [-0.2, -0.15) is 0 Å². The average Bonchev–Trinajstić information content (AvgIpc) is 2.30. The van der Waals surface area contributed by atoms with E-state index >= 15 is 0 Å². The summed E-state index contributed by atoms with van der Waals surface area (Å²) in [4.78, 5) is 26.7. The number of hydrogen-bond donors (Lipinski definition) is 1. The molecule has 92 valence electrons. The van der Waals surface area contributed by atoms with Gasteiger partial charge in [0.15, 0.2) is 5.41 Å². The summed E-state index contributed by atoms with van der Waals surface area (Å²) in [6, 6.07) is 3.40. The summed E-state index contributed by atoms with van der Waals surface area (Å²) in [6.45, 7) is 1.32. The SMILES string of the molecule is COC(=O)C(C)(Cc1ccc(Br)cn1)C(=O)O. The summed E-state index contributed by atoms with van der Waals surface area (Å²) >= 11 is 3.23. The molecular formula is C11H12BrNO4. The standard InChI is InChI=1S/C11H12BrNO4/c1-11(9(14)15,10(16)17-2)5-8-4-3-7(12)6-13-8/h3-4,6H,5H2,1-2H3,(H,14,15). The van der Waals surface area contributed by atoms with E-state index in [0.29, 0.717) is 5.69 Å². The minimum atomic E-state index is -1.62. The lowest BCUT2D eigenvalue weighted by molar-refractivity contribution is -0.165. The monoisotopic (exact) mass is 301 g/mol. The minimum absolute atomic E-state index is 0.0116. The van der Waals surface area contributed by atoms with Crippen molar-refractivity contribution in [2.24, 2.45) is 5.41 Å². The zero-order chi connectivity index (χ0) is 13.1. The molecule has 0 aliphatic rings. The van der Waals surface area contributed by atoms with Gasteiger partial charge in [0.05, 0.1) is 7.11 Å². The lowest BCUT2D eigenvalue weighted by Gasteiger charge is -2.21. The molecule has 0 aromatic carbocycles. The number of pyridine rings is 1. The highest BCUT2D eigenvalue weighted by molar-refractivity contribution is 9.10. The lowest BCUT2D eigenvalue weighted by atomic mass is 9.85. The first-order valence-corrected chi connectivity index (χ1v) is 5.61. The van der Waals surface area contributed by atoms with Gasteiger partial charge in [-0.15, -0.1) is 0 Å². The molecule has 1 N–H and O–H groups in total. The maximum absolute atomic E-state index is 11.5. The van der Waals surface area contributed by atoms with Gasteiger partial charge in [0.2, 0.25) is 0 Å². The van der Waals surface area contributed by atoms with Crippen molar-refractivity contribution in [1.29, 1.82) is 0 Å². The number of esters is 1. The first-order valence-electron chi connectivity index (χ1n) is 4.82. The highest BCUT2D eigenvalue weighted by atomic mass is 79.9. The van der Waals surface area contributed by atoms with Gasteiger partial charge in [-0.05, 0) is 35.0 Å². The molecule has 0 saturated carbocycles. The Morgan fingerprint density at radius 2 is 2.18 bits per heavy atom. The number of aromatic nitrogens is 1. The molecule has 1 aromatic rings. The number of carbonyl (C=O) groups is 2. The van der Waals surface area contributed by atoms with Crippen LogP contribution in [0.15, 0.2) is 22.8 Å². The van der Waals surface area contributed by atoms with Gasteiger partial charge in [0, 0.05) is 22.8 Å². The molecule has 6 heteroatoms. The van der Waals surface area contributed by atoms with Gasteiger partial charge in [-0.3, -0.25) is 14.6 Å². The molecule has 0 amide bonds. The number of aliphatic carboxylic acids is 1. The van der Waals surface area contributed by atoms with Gasteiger partial charge in [0.25, 0.3) is 0 Å². The summed E-state index contributed by atoms with van der Waals surface area (Å²) in [5.41, 5.74) is -1.10. The number of nitrogens with zero attached hydrogens (tertiary/aromatic N) is 1. The zero-order valence-electron chi connectivity index (χ0n) is 9.44. The van der Waals surface area contributed by atoms with Gasteiger partial charge >= 0.3 is 11.9 Å². The molecule has 0 aliphatic heterocycles. The van der Waals surface area contributed by atoms with Crippen molar-refractivity contribution in [3.63, 3.8) is 0 Å². The van der Waals surface area contributed by atoms with Crippen molar-refractivity contribution in [2.45, 2.75) is 13.3 Å². The number of carboxylic acid groups (broad SMARTS) is 1. The van der Waals surface area contributed by atoms with E-state index in [1.807, 2.05) is 0 Å². The second kappa shape index (κ2) is 5.27. The first-order chi connectivity index (χ1) is 7.90. The highest BCUT2D eigenvalue weighted by Gasteiger charge is 2.43. The molecule has 0 aliphatic carbocycles. The third-order valence-electron chi connectivity index (χ3n) is 2.43. The van der Waals surface area contributed by atoms with E-state index in [0.717, 1.165) is 4.47 Å². The molecular weight excluding hydrogens is 290 g/mol. The fourth-order valence-corrected chi connectivity index (χ4v) is 1.57. The lowest BCUT2D eigenvalue weighted by Crippen LogP contribution is -2.39. The third kappa shape index (κ3) is 3.03. The Morgan fingerprint density at radius 1 is 1.53 bits per heavy atom.